The number of aromatic nitrogens is 4. The fourth-order valence-corrected chi connectivity index (χ4v) is 4.85. The molecule has 1 aromatic carbocycles. The Morgan fingerprint density at radius 2 is 1.81 bits per heavy atom. The van der Waals surface area contributed by atoms with Gasteiger partial charge in [0.15, 0.2) is 0 Å². The van der Waals surface area contributed by atoms with Crippen LogP contribution in [0.5, 0.6) is 0 Å². The first-order chi connectivity index (χ1) is 17.6. The van der Waals surface area contributed by atoms with Gasteiger partial charge in [-0.15, -0.1) is 0 Å². The molecule has 3 N–H and O–H groups in total. The first kappa shape index (κ1) is 27.2. The van der Waals surface area contributed by atoms with Crippen LogP contribution in [0.1, 0.15) is 32.1 Å². The van der Waals surface area contributed by atoms with E-state index in [9.17, 15) is 23.1 Å². The molecule has 1 fully saturated rings. The highest BCUT2D eigenvalue weighted by Gasteiger charge is 2.39. The van der Waals surface area contributed by atoms with Gasteiger partial charge in [-0.1, -0.05) is 23.2 Å². The van der Waals surface area contributed by atoms with Crippen LogP contribution in [0, 0.1) is 5.92 Å². The lowest BCUT2D eigenvalue weighted by Crippen LogP contribution is -2.30. The largest absolute Gasteiger partial charge is 0.449 e. The number of anilines is 3. The van der Waals surface area contributed by atoms with Crippen LogP contribution in [0.3, 0.4) is 0 Å². The number of nitrogens with one attached hydrogen (secondary N) is 2. The topological polar surface area (TPSA) is 105 Å². The van der Waals surface area contributed by atoms with E-state index in [-0.39, 0.29) is 24.5 Å². The van der Waals surface area contributed by atoms with Crippen molar-refractivity contribution in [2.75, 3.05) is 17.2 Å². The third-order valence-electron chi connectivity index (χ3n) is 6.16. The van der Waals surface area contributed by atoms with Crippen molar-refractivity contribution in [3.8, 4) is 11.1 Å². The second-order valence-electron chi connectivity index (χ2n) is 8.94. The summed E-state index contributed by atoms with van der Waals surface area (Å²) in [6, 6.07) is 4.92. The summed E-state index contributed by atoms with van der Waals surface area (Å²) in [5.41, 5.74) is 2.01. The van der Waals surface area contributed by atoms with Crippen molar-refractivity contribution in [2.24, 2.45) is 5.92 Å². The number of aliphatic hydroxyl groups excluding tert-OH is 1. The van der Waals surface area contributed by atoms with E-state index in [0.29, 0.717) is 59.3 Å². The molecule has 0 unspecified atom stereocenters. The molecule has 1 aliphatic rings. The molecule has 3 aromatic rings. The average molecular weight is 557 g/mol. The van der Waals surface area contributed by atoms with Crippen molar-refractivity contribution in [3.05, 3.63) is 46.8 Å². The molecule has 198 valence electrons. The molecule has 4 rings (SSSR count). The Kier molecular flexibility index (Phi) is 8.56. The van der Waals surface area contributed by atoms with Gasteiger partial charge in [-0.3, -0.25) is 9.48 Å². The quantitative estimate of drug-likeness (QED) is 0.302. The first-order valence-corrected chi connectivity index (χ1v) is 12.5. The molecular formula is C24H25Cl2F3N6O2. The predicted octanol–water partition coefficient (Wildman–Crippen LogP) is 5.88. The van der Waals surface area contributed by atoms with Gasteiger partial charge < -0.3 is 15.7 Å². The van der Waals surface area contributed by atoms with E-state index in [0.717, 1.165) is 5.56 Å². The van der Waals surface area contributed by atoms with Crippen molar-refractivity contribution in [1.82, 2.24) is 19.7 Å². The number of nitrogens with zero attached hydrogens (tertiary/aromatic N) is 4. The van der Waals surface area contributed by atoms with Gasteiger partial charge in [0.2, 0.25) is 11.7 Å². The Morgan fingerprint density at radius 3 is 2.46 bits per heavy atom. The molecule has 0 saturated heterocycles. The van der Waals surface area contributed by atoms with Gasteiger partial charge in [0, 0.05) is 51.7 Å². The van der Waals surface area contributed by atoms with Crippen LogP contribution in [-0.2, 0) is 11.3 Å². The summed E-state index contributed by atoms with van der Waals surface area (Å²) in [5, 5.41) is 20.8. The smallest absolute Gasteiger partial charge is 0.394 e. The lowest BCUT2D eigenvalue weighted by Gasteiger charge is -2.29. The zero-order valence-corrected chi connectivity index (χ0v) is 21.1. The van der Waals surface area contributed by atoms with E-state index in [1.807, 2.05) is 0 Å². The van der Waals surface area contributed by atoms with Crippen LogP contribution in [0.4, 0.5) is 30.6 Å². The van der Waals surface area contributed by atoms with Crippen molar-refractivity contribution in [3.63, 3.8) is 0 Å². The van der Waals surface area contributed by atoms with Gasteiger partial charge in [-0.25, -0.2) is 4.98 Å². The fourth-order valence-electron chi connectivity index (χ4n) is 4.33. The van der Waals surface area contributed by atoms with Gasteiger partial charge in [0.05, 0.1) is 19.3 Å². The molecule has 0 radical (unpaired) electrons. The molecule has 0 spiro atoms. The summed E-state index contributed by atoms with van der Waals surface area (Å²) in [4.78, 5) is 20.4. The molecule has 8 nitrogen and oxygen atoms in total. The molecule has 2 heterocycles. The van der Waals surface area contributed by atoms with E-state index in [4.69, 9.17) is 23.2 Å². The van der Waals surface area contributed by atoms with Crippen molar-refractivity contribution >= 4 is 46.4 Å². The summed E-state index contributed by atoms with van der Waals surface area (Å²) in [7, 11) is 0. The van der Waals surface area contributed by atoms with E-state index in [1.54, 1.807) is 41.5 Å². The van der Waals surface area contributed by atoms with Crippen LogP contribution in [0.2, 0.25) is 10.0 Å². The number of halogens is 5. The zero-order valence-electron chi connectivity index (χ0n) is 19.6. The van der Waals surface area contributed by atoms with Crippen LogP contribution < -0.4 is 10.6 Å². The summed E-state index contributed by atoms with van der Waals surface area (Å²) in [6.45, 7) is 0.271. The molecule has 1 saturated carbocycles. The number of benzene rings is 1. The third-order valence-corrected chi connectivity index (χ3v) is 6.60. The van der Waals surface area contributed by atoms with Gasteiger partial charge in [0.1, 0.15) is 5.82 Å². The summed E-state index contributed by atoms with van der Waals surface area (Å²) >= 11 is 12.2. The summed E-state index contributed by atoms with van der Waals surface area (Å²) in [6.07, 6.45) is 1.97. The van der Waals surface area contributed by atoms with Crippen LogP contribution in [0.15, 0.2) is 36.8 Å². The van der Waals surface area contributed by atoms with Crippen molar-refractivity contribution in [1.29, 1.82) is 0 Å². The minimum atomic E-state index is -4.79. The zero-order chi connectivity index (χ0) is 26.6. The van der Waals surface area contributed by atoms with E-state index >= 15 is 0 Å². The van der Waals surface area contributed by atoms with Crippen LogP contribution in [0.25, 0.3) is 11.1 Å². The SMILES string of the molecule is O=C(CC1CCC(Nc2nc(Nc3cc(Cl)cc(Cl)c3)ncc2-c2cnn(CCO)c2)CC1)C(F)(F)F. The van der Waals surface area contributed by atoms with Crippen LogP contribution >= 0.6 is 23.2 Å². The number of ketones is 1. The second-order valence-corrected chi connectivity index (χ2v) is 9.81. The number of aliphatic hydroxyl groups is 1. The maximum absolute atomic E-state index is 12.6. The first-order valence-electron chi connectivity index (χ1n) is 11.7. The number of hydrogen-bond donors (Lipinski definition) is 3. The van der Waals surface area contributed by atoms with Gasteiger partial charge in [-0.2, -0.15) is 23.3 Å². The third kappa shape index (κ3) is 7.33. The maximum Gasteiger partial charge on any atom is 0.449 e. The molecular weight excluding hydrogens is 532 g/mol. The fraction of sp³-hybridized carbons (Fsp3) is 0.417. The minimum absolute atomic E-state index is 0.0492. The lowest BCUT2D eigenvalue weighted by atomic mass is 9.83. The van der Waals surface area contributed by atoms with Gasteiger partial charge in [-0.05, 0) is 49.8 Å². The van der Waals surface area contributed by atoms with Gasteiger partial charge in [0.25, 0.3) is 0 Å². The minimum Gasteiger partial charge on any atom is -0.394 e. The van der Waals surface area contributed by atoms with E-state index < -0.39 is 18.4 Å². The van der Waals surface area contributed by atoms with Crippen molar-refractivity contribution in [2.45, 2.75) is 50.9 Å². The number of rotatable bonds is 9. The summed E-state index contributed by atoms with van der Waals surface area (Å²) < 4.78 is 39.5. The monoisotopic (exact) mass is 556 g/mol. The molecule has 13 heteroatoms. The maximum atomic E-state index is 12.6. The van der Waals surface area contributed by atoms with Gasteiger partial charge >= 0.3 is 6.18 Å². The van der Waals surface area contributed by atoms with Crippen LogP contribution in [-0.4, -0.2) is 49.5 Å². The highest BCUT2D eigenvalue weighted by atomic mass is 35.5. The molecule has 0 aliphatic heterocycles. The molecule has 1 aliphatic carbocycles. The Hall–Kier alpha value is -2.89. The molecule has 0 bridgehead atoms. The number of hydrogen-bond acceptors (Lipinski definition) is 7. The molecule has 2 aromatic heterocycles. The Bertz CT molecular complexity index is 1230. The normalized spacial score (nSPS) is 18.0. The number of carbonyl (C=O) groups excluding carboxylic acids is 1. The Balaban J connectivity index is 1.53. The Morgan fingerprint density at radius 1 is 1.11 bits per heavy atom. The summed E-state index contributed by atoms with van der Waals surface area (Å²) in [5.74, 6) is -1.15. The van der Waals surface area contributed by atoms with E-state index in [1.165, 1.54) is 0 Å². The predicted molar refractivity (Wildman–Crippen MR) is 135 cm³/mol. The lowest BCUT2D eigenvalue weighted by molar-refractivity contribution is -0.172. The number of alkyl halides is 3. The molecule has 37 heavy (non-hydrogen) atoms. The molecule has 0 amide bonds. The number of carbonyl (C=O) groups is 1. The average Bonchev–Trinajstić information content (AvgIpc) is 3.28. The highest BCUT2D eigenvalue weighted by molar-refractivity contribution is 6.35. The molecule has 0 atom stereocenters. The number of Topliss-reactive ketones (excluding diaryl/α,β-unsaturated/α-hetero) is 1. The van der Waals surface area contributed by atoms with Crippen molar-refractivity contribution < 1.29 is 23.1 Å². The van der Waals surface area contributed by atoms with E-state index in [2.05, 4.69) is 25.7 Å². The Labute approximate surface area is 221 Å². The second kappa shape index (κ2) is 11.7. The standard InChI is InChI=1S/C24H25Cl2F3N6O2/c25-16-8-17(26)10-19(9-16)33-23-30-12-20(15-11-31-35(13-15)5-6-36)22(34-23)32-18-3-1-14(2-4-18)7-21(37)24(27,28)29/h8-14,18,36H,1-7H2,(H2,30,32,33,34). The highest BCUT2D eigenvalue weighted by Crippen LogP contribution is 2.34.